The predicted molar refractivity (Wildman–Crippen MR) is 117 cm³/mol. The van der Waals surface area contributed by atoms with Crippen LogP contribution in [0.1, 0.15) is 30.5 Å². The molecule has 0 fully saturated rings. The van der Waals surface area contributed by atoms with Crippen LogP contribution < -0.4 is 5.32 Å². The van der Waals surface area contributed by atoms with Crippen molar-refractivity contribution in [3.8, 4) is 11.4 Å². The maximum atomic E-state index is 12.2. The SMILES string of the molecule is O=C(CCSc1ccccc1)NCCn1nc(-c2ccccn2)c2c1CCCC2. The highest BCUT2D eigenvalue weighted by Crippen LogP contribution is 2.30. The molecule has 150 valence electrons. The number of hydrogen-bond acceptors (Lipinski definition) is 4. The molecule has 1 aliphatic rings. The van der Waals surface area contributed by atoms with Gasteiger partial charge in [0.25, 0.3) is 0 Å². The fraction of sp³-hybridized carbons (Fsp3) is 0.348. The lowest BCUT2D eigenvalue weighted by Crippen LogP contribution is -2.28. The zero-order valence-corrected chi connectivity index (χ0v) is 17.3. The molecular formula is C23H26N4OS. The maximum Gasteiger partial charge on any atom is 0.220 e. The summed E-state index contributed by atoms with van der Waals surface area (Å²) in [6.45, 7) is 1.30. The number of rotatable bonds is 8. The van der Waals surface area contributed by atoms with Crippen LogP contribution in [0.2, 0.25) is 0 Å². The molecule has 29 heavy (non-hydrogen) atoms. The molecule has 1 aromatic carbocycles. The molecule has 0 saturated carbocycles. The van der Waals surface area contributed by atoms with Crippen LogP contribution in [0.3, 0.4) is 0 Å². The fourth-order valence-electron chi connectivity index (χ4n) is 3.73. The second kappa shape index (κ2) is 9.74. The number of amides is 1. The first-order chi connectivity index (χ1) is 14.3. The molecule has 1 N–H and O–H groups in total. The number of fused-ring (bicyclic) bond motifs is 1. The van der Waals surface area contributed by atoms with Gasteiger partial charge in [-0.25, -0.2) is 0 Å². The van der Waals surface area contributed by atoms with E-state index in [9.17, 15) is 4.79 Å². The van der Waals surface area contributed by atoms with Gasteiger partial charge in [-0.05, 0) is 49.9 Å². The molecule has 4 rings (SSSR count). The summed E-state index contributed by atoms with van der Waals surface area (Å²) in [4.78, 5) is 17.9. The molecule has 3 aromatic rings. The van der Waals surface area contributed by atoms with Crippen LogP contribution in [0.15, 0.2) is 59.6 Å². The predicted octanol–water partition coefficient (Wildman–Crippen LogP) is 4.12. The second-order valence-electron chi connectivity index (χ2n) is 7.18. The first-order valence-corrected chi connectivity index (χ1v) is 11.2. The summed E-state index contributed by atoms with van der Waals surface area (Å²) in [6, 6.07) is 16.1. The van der Waals surface area contributed by atoms with Gasteiger partial charge in [-0.2, -0.15) is 5.10 Å². The lowest BCUT2D eigenvalue weighted by Gasteiger charge is -2.14. The van der Waals surface area contributed by atoms with Crippen molar-refractivity contribution >= 4 is 17.7 Å². The van der Waals surface area contributed by atoms with E-state index < -0.39 is 0 Å². The minimum atomic E-state index is 0.0967. The van der Waals surface area contributed by atoms with E-state index in [1.54, 1.807) is 11.8 Å². The maximum absolute atomic E-state index is 12.2. The molecule has 0 bridgehead atoms. The quantitative estimate of drug-likeness (QED) is 0.572. The third kappa shape index (κ3) is 5.07. The molecule has 5 nitrogen and oxygen atoms in total. The van der Waals surface area contributed by atoms with Gasteiger partial charge >= 0.3 is 0 Å². The molecule has 0 spiro atoms. The number of carbonyl (C=O) groups is 1. The minimum Gasteiger partial charge on any atom is -0.354 e. The number of benzene rings is 1. The van der Waals surface area contributed by atoms with Gasteiger partial charge < -0.3 is 5.32 Å². The van der Waals surface area contributed by atoms with E-state index in [4.69, 9.17) is 5.10 Å². The van der Waals surface area contributed by atoms with Crippen LogP contribution in [-0.2, 0) is 24.2 Å². The Bertz CT molecular complexity index is 940. The molecule has 2 heterocycles. The van der Waals surface area contributed by atoms with E-state index in [0.29, 0.717) is 19.5 Å². The van der Waals surface area contributed by atoms with Crippen LogP contribution in [0, 0.1) is 0 Å². The van der Waals surface area contributed by atoms with E-state index >= 15 is 0 Å². The highest BCUT2D eigenvalue weighted by atomic mass is 32.2. The zero-order valence-electron chi connectivity index (χ0n) is 16.5. The lowest BCUT2D eigenvalue weighted by molar-refractivity contribution is -0.120. The van der Waals surface area contributed by atoms with Crippen molar-refractivity contribution in [2.24, 2.45) is 0 Å². The molecule has 0 radical (unpaired) electrons. The van der Waals surface area contributed by atoms with Gasteiger partial charge in [0.2, 0.25) is 5.91 Å². The first-order valence-electron chi connectivity index (χ1n) is 10.3. The molecule has 6 heteroatoms. The smallest absolute Gasteiger partial charge is 0.220 e. The van der Waals surface area contributed by atoms with E-state index in [-0.39, 0.29) is 5.91 Å². The van der Waals surface area contributed by atoms with E-state index in [1.165, 1.54) is 29.0 Å². The van der Waals surface area contributed by atoms with Gasteiger partial charge in [-0.15, -0.1) is 11.8 Å². The standard InChI is InChI=1S/C23H26N4OS/c28-22(13-17-29-18-8-2-1-3-9-18)25-15-16-27-21-12-5-4-10-19(21)23(26-27)20-11-6-7-14-24-20/h1-3,6-9,11,14H,4-5,10,12-13,15-17H2,(H,25,28). The fourth-order valence-corrected chi connectivity index (χ4v) is 4.61. The number of carbonyl (C=O) groups excluding carboxylic acids is 1. The highest BCUT2D eigenvalue weighted by molar-refractivity contribution is 7.99. The Morgan fingerprint density at radius 3 is 2.72 bits per heavy atom. The topological polar surface area (TPSA) is 59.8 Å². The van der Waals surface area contributed by atoms with E-state index in [1.807, 2.05) is 42.6 Å². The number of aromatic nitrogens is 3. The van der Waals surface area contributed by atoms with Gasteiger partial charge in [0.15, 0.2) is 0 Å². The Balaban J connectivity index is 1.31. The second-order valence-corrected chi connectivity index (χ2v) is 8.35. The van der Waals surface area contributed by atoms with Crippen LogP contribution >= 0.6 is 11.8 Å². The molecule has 2 aromatic heterocycles. The molecule has 0 saturated heterocycles. The summed E-state index contributed by atoms with van der Waals surface area (Å²) in [7, 11) is 0. The first kappa shape index (κ1) is 19.7. The number of thioether (sulfide) groups is 1. The minimum absolute atomic E-state index is 0.0967. The van der Waals surface area contributed by atoms with E-state index in [2.05, 4.69) is 27.1 Å². The summed E-state index contributed by atoms with van der Waals surface area (Å²) in [5.74, 6) is 0.885. The Morgan fingerprint density at radius 2 is 1.90 bits per heavy atom. The van der Waals surface area contributed by atoms with Crippen molar-refractivity contribution in [2.75, 3.05) is 12.3 Å². The summed E-state index contributed by atoms with van der Waals surface area (Å²) in [5.41, 5.74) is 4.59. The summed E-state index contributed by atoms with van der Waals surface area (Å²) in [5, 5.41) is 7.90. The third-order valence-corrected chi connectivity index (χ3v) is 6.16. The van der Waals surface area contributed by atoms with Crippen molar-refractivity contribution in [1.82, 2.24) is 20.1 Å². The monoisotopic (exact) mass is 406 g/mol. The van der Waals surface area contributed by atoms with E-state index in [0.717, 1.165) is 30.0 Å². The Kier molecular flexibility index (Phi) is 6.62. The average Bonchev–Trinajstić information content (AvgIpc) is 3.14. The average molecular weight is 407 g/mol. The van der Waals surface area contributed by atoms with Crippen molar-refractivity contribution < 1.29 is 4.79 Å². The number of nitrogens with one attached hydrogen (secondary N) is 1. The van der Waals surface area contributed by atoms with Crippen LogP contribution in [0.25, 0.3) is 11.4 Å². The van der Waals surface area contributed by atoms with Crippen molar-refractivity contribution in [3.05, 3.63) is 66.0 Å². The summed E-state index contributed by atoms with van der Waals surface area (Å²) >= 11 is 1.71. The lowest BCUT2D eigenvalue weighted by atomic mass is 9.95. The number of hydrogen-bond donors (Lipinski definition) is 1. The third-order valence-electron chi connectivity index (χ3n) is 5.15. The van der Waals surface area contributed by atoms with Gasteiger partial charge in [0.05, 0.1) is 12.2 Å². The Labute approximate surface area is 175 Å². The molecule has 1 aliphatic carbocycles. The molecule has 1 amide bonds. The molecule has 0 unspecified atom stereocenters. The van der Waals surface area contributed by atoms with Gasteiger partial charge in [0.1, 0.15) is 5.69 Å². The summed E-state index contributed by atoms with van der Waals surface area (Å²) < 4.78 is 2.08. The highest BCUT2D eigenvalue weighted by Gasteiger charge is 2.22. The van der Waals surface area contributed by atoms with Crippen LogP contribution in [0.4, 0.5) is 0 Å². The van der Waals surface area contributed by atoms with Gasteiger partial charge in [-0.3, -0.25) is 14.5 Å². The van der Waals surface area contributed by atoms with Crippen molar-refractivity contribution in [2.45, 2.75) is 43.5 Å². The molecule has 0 atom stereocenters. The largest absolute Gasteiger partial charge is 0.354 e. The van der Waals surface area contributed by atoms with Crippen molar-refractivity contribution in [1.29, 1.82) is 0 Å². The zero-order chi connectivity index (χ0) is 19.9. The Hall–Kier alpha value is -2.60. The number of pyridine rings is 1. The Morgan fingerprint density at radius 1 is 1.07 bits per heavy atom. The molecule has 0 aliphatic heterocycles. The van der Waals surface area contributed by atoms with Crippen LogP contribution in [0.5, 0.6) is 0 Å². The normalized spacial score (nSPS) is 13.1. The molecular weight excluding hydrogens is 380 g/mol. The number of nitrogens with zero attached hydrogens (tertiary/aromatic N) is 3. The van der Waals surface area contributed by atoms with Crippen LogP contribution in [-0.4, -0.2) is 33.0 Å². The van der Waals surface area contributed by atoms with Gasteiger partial charge in [-0.1, -0.05) is 24.3 Å². The summed E-state index contributed by atoms with van der Waals surface area (Å²) in [6.07, 6.45) is 6.85. The van der Waals surface area contributed by atoms with Crippen molar-refractivity contribution in [3.63, 3.8) is 0 Å². The van der Waals surface area contributed by atoms with Gasteiger partial charge in [0, 0.05) is 41.1 Å².